The molecule has 1 atom stereocenters. The molecular formula is C14H19N3O. The van der Waals surface area contributed by atoms with Gasteiger partial charge >= 0.3 is 0 Å². The van der Waals surface area contributed by atoms with E-state index in [1.54, 1.807) is 0 Å². The van der Waals surface area contributed by atoms with E-state index < -0.39 is 0 Å². The van der Waals surface area contributed by atoms with Gasteiger partial charge in [0.15, 0.2) is 0 Å². The van der Waals surface area contributed by atoms with E-state index in [9.17, 15) is 0 Å². The molecule has 1 unspecified atom stereocenters. The second kappa shape index (κ2) is 5.67. The Hall–Kier alpha value is -1.84. The molecule has 0 bridgehead atoms. The Balaban J connectivity index is 2.08. The number of anilines is 1. The topological polar surface area (TPSA) is 51.0 Å². The van der Waals surface area contributed by atoms with Gasteiger partial charge in [0, 0.05) is 17.3 Å². The van der Waals surface area contributed by atoms with Crippen LogP contribution in [0, 0.1) is 5.92 Å². The number of rotatable bonds is 5. The average Bonchev–Trinajstić information content (AvgIpc) is 2.90. The molecule has 0 aliphatic heterocycles. The quantitative estimate of drug-likeness (QED) is 0.874. The molecular weight excluding hydrogens is 226 g/mol. The van der Waals surface area contributed by atoms with Crippen molar-refractivity contribution < 1.29 is 4.42 Å². The Morgan fingerprint density at radius 2 is 1.94 bits per heavy atom. The van der Waals surface area contributed by atoms with Gasteiger partial charge in [0.25, 0.3) is 0 Å². The normalized spacial score (nSPS) is 12.7. The second-order valence-electron chi connectivity index (χ2n) is 4.72. The molecule has 0 saturated carbocycles. The second-order valence-corrected chi connectivity index (χ2v) is 4.72. The van der Waals surface area contributed by atoms with Crippen LogP contribution < -0.4 is 5.32 Å². The molecule has 1 aromatic heterocycles. The highest BCUT2D eigenvalue weighted by atomic mass is 16.4. The van der Waals surface area contributed by atoms with Crippen LogP contribution in [0.15, 0.2) is 35.1 Å². The highest BCUT2D eigenvalue weighted by Gasteiger charge is 2.10. The summed E-state index contributed by atoms with van der Waals surface area (Å²) in [5.41, 5.74) is 2.06. The average molecular weight is 245 g/mol. The Labute approximate surface area is 107 Å². The summed E-state index contributed by atoms with van der Waals surface area (Å²) >= 11 is 0. The van der Waals surface area contributed by atoms with Crippen LogP contribution in [0.25, 0.3) is 11.5 Å². The van der Waals surface area contributed by atoms with Crippen molar-refractivity contribution >= 4 is 5.69 Å². The van der Waals surface area contributed by atoms with E-state index in [0.29, 0.717) is 17.9 Å². The van der Waals surface area contributed by atoms with Crippen molar-refractivity contribution in [2.24, 2.45) is 5.92 Å². The number of hydrogen-bond acceptors (Lipinski definition) is 4. The van der Waals surface area contributed by atoms with Gasteiger partial charge in [0.2, 0.25) is 12.3 Å². The maximum absolute atomic E-state index is 5.16. The summed E-state index contributed by atoms with van der Waals surface area (Å²) in [5.74, 6) is 1.17. The van der Waals surface area contributed by atoms with Crippen LogP contribution >= 0.6 is 0 Å². The van der Waals surface area contributed by atoms with Gasteiger partial charge in [0.1, 0.15) is 0 Å². The number of hydrogen-bond donors (Lipinski definition) is 1. The predicted octanol–water partition coefficient (Wildman–Crippen LogP) is 3.58. The Kier molecular flexibility index (Phi) is 3.97. The van der Waals surface area contributed by atoms with Crippen LogP contribution in [-0.2, 0) is 0 Å². The standard InChI is InChI=1S/C14H19N3O/c1-4-13(10(2)3)16-12-7-5-11(6-8-12)14-17-15-9-18-14/h5-10,13,16H,4H2,1-3H3. The molecule has 4 nitrogen and oxygen atoms in total. The van der Waals surface area contributed by atoms with Gasteiger partial charge in [-0.25, -0.2) is 0 Å². The Morgan fingerprint density at radius 1 is 1.22 bits per heavy atom. The van der Waals surface area contributed by atoms with Crippen molar-refractivity contribution in [3.05, 3.63) is 30.7 Å². The van der Waals surface area contributed by atoms with Crippen molar-refractivity contribution in [3.8, 4) is 11.5 Å². The van der Waals surface area contributed by atoms with E-state index in [1.807, 2.05) is 24.3 Å². The van der Waals surface area contributed by atoms with E-state index in [4.69, 9.17) is 4.42 Å². The number of nitrogens with one attached hydrogen (secondary N) is 1. The number of aromatic nitrogens is 2. The highest BCUT2D eigenvalue weighted by molar-refractivity contribution is 5.58. The SMILES string of the molecule is CCC(Nc1ccc(-c2nnco2)cc1)C(C)C. The van der Waals surface area contributed by atoms with E-state index in [0.717, 1.165) is 17.7 Å². The lowest BCUT2D eigenvalue weighted by Crippen LogP contribution is -2.24. The zero-order valence-corrected chi connectivity index (χ0v) is 11.1. The fourth-order valence-corrected chi connectivity index (χ4v) is 1.96. The predicted molar refractivity (Wildman–Crippen MR) is 72.3 cm³/mol. The molecule has 96 valence electrons. The minimum atomic E-state index is 0.499. The summed E-state index contributed by atoms with van der Waals surface area (Å²) in [5, 5.41) is 11.1. The lowest BCUT2D eigenvalue weighted by Gasteiger charge is -2.22. The monoisotopic (exact) mass is 245 g/mol. The van der Waals surface area contributed by atoms with Gasteiger partial charge in [-0.3, -0.25) is 0 Å². The fraction of sp³-hybridized carbons (Fsp3) is 0.429. The molecule has 0 aliphatic rings. The Morgan fingerprint density at radius 3 is 2.44 bits per heavy atom. The smallest absolute Gasteiger partial charge is 0.247 e. The zero-order valence-electron chi connectivity index (χ0n) is 11.1. The van der Waals surface area contributed by atoms with Gasteiger partial charge in [-0.1, -0.05) is 20.8 Å². The van der Waals surface area contributed by atoms with Gasteiger partial charge < -0.3 is 9.73 Å². The molecule has 1 heterocycles. The molecule has 0 saturated heterocycles. The molecule has 4 heteroatoms. The first-order valence-corrected chi connectivity index (χ1v) is 6.34. The summed E-state index contributed by atoms with van der Waals surface area (Å²) in [6.45, 7) is 6.66. The third-order valence-electron chi connectivity index (χ3n) is 3.09. The van der Waals surface area contributed by atoms with Gasteiger partial charge in [0.05, 0.1) is 0 Å². The molecule has 2 rings (SSSR count). The first kappa shape index (κ1) is 12.6. The molecule has 0 radical (unpaired) electrons. The first-order chi connectivity index (χ1) is 8.70. The van der Waals surface area contributed by atoms with Crippen LogP contribution in [0.1, 0.15) is 27.2 Å². The number of benzene rings is 1. The van der Waals surface area contributed by atoms with Crippen LogP contribution in [0.3, 0.4) is 0 Å². The van der Waals surface area contributed by atoms with Crippen molar-refractivity contribution in [3.63, 3.8) is 0 Å². The van der Waals surface area contributed by atoms with Gasteiger partial charge in [-0.05, 0) is 36.6 Å². The van der Waals surface area contributed by atoms with Crippen LogP contribution in [-0.4, -0.2) is 16.2 Å². The van der Waals surface area contributed by atoms with Gasteiger partial charge in [-0.15, -0.1) is 10.2 Å². The summed E-state index contributed by atoms with van der Waals surface area (Å²) < 4.78 is 5.16. The molecule has 0 fully saturated rings. The van der Waals surface area contributed by atoms with Crippen molar-refractivity contribution in [1.29, 1.82) is 0 Å². The van der Waals surface area contributed by atoms with Crippen molar-refractivity contribution in [2.45, 2.75) is 33.2 Å². The lowest BCUT2D eigenvalue weighted by atomic mass is 10.0. The highest BCUT2D eigenvalue weighted by Crippen LogP contribution is 2.20. The largest absolute Gasteiger partial charge is 0.423 e. The van der Waals surface area contributed by atoms with Crippen LogP contribution in [0.4, 0.5) is 5.69 Å². The Bertz CT molecular complexity index is 462. The fourth-order valence-electron chi connectivity index (χ4n) is 1.96. The summed E-state index contributed by atoms with van der Waals surface area (Å²) in [6, 6.07) is 8.57. The minimum absolute atomic E-state index is 0.499. The third-order valence-corrected chi connectivity index (χ3v) is 3.09. The third kappa shape index (κ3) is 2.88. The van der Waals surface area contributed by atoms with Crippen molar-refractivity contribution in [1.82, 2.24) is 10.2 Å². The molecule has 1 aromatic carbocycles. The molecule has 1 N–H and O–H groups in total. The van der Waals surface area contributed by atoms with Gasteiger partial charge in [-0.2, -0.15) is 0 Å². The zero-order chi connectivity index (χ0) is 13.0. The summed E-state index contributed by atoms with van der Waals surface area (Å²) in [4.78, 5) is 0. The van der Waals surface area contributed by atoms with Crippen LogP contribution in [0.5, 0.6) is 0 Å². The summed E-state index contributed by atoms with van der Waals surface area (Å²) in [6.07, 6.45) is 2.45. The van der Waals surface area contributed by atoms with E-state index >= 15 is 0 Å². The van der Waals surface area contributed by atoms with E-state index in [-0.39, 0.29) is 0 Å². The molecule has 18 heavy (non-hydrogen) atoms. The molecule has 0 spiro atoms. The van der Waals surface area contributed by atoms with E-state index in [2.05, 4.69) is 36.3 Å². The number of nitrogens with zero attached hydrogens (tertiary/aromatic N) is 2. The van der Waals surface area contributed by atoms with Crippen molar-refractivity contribution in [2.75, 3.05) is 5.32 Å². The first-order valence-electron chi connectivity index (χ1n) is 6.34. The lowest BCUT2D eigenvalue weighted by molar-refractivity contribution is 0.511. The molecule has 2 aromatic rings. The minimum Gasteiger partial charge on any atom is -0.423 e. The van der Waals surface area contributed by atoms with Crippen LogP contribution in [0.2, 0.25) is 0 Å². The summed E-state index contributed by atoms with van der Waals surface area (Å²) in [7, 11) is 0. The maximum Gasteiger partial charge on any atom is 0.247 e. The molecule has 0 amide bonds. The maximum atomic E-state index is 5.16. The van der Waals surface area contributed by atoms with E-state index in [1.165, 1.54) is 6.39 Å². The molecule has 0 aliphatic carbocycles.